The van der Waals surface area contributed by atoms with Crippen LogP contribution in [0.2, 0.25) is 6.32 Å². The van der Waals surface area contributed by atoms with Crippen molar-refractivity contribution in [2.45, 2.75) is 13.2 Å². The van der Waals surface area contributed by atoms with Gasteiger partial charge in [-0.2, -0.15) is 0 Å². The van der Waals surface area contributed by atoms with Crippen LogP contribution in [0.3, 0.4) is 0 Å². The smallest absolute Gasteiger partial charge is 0.448 e. The lowest BCUT2D eigenvalue weighted by Crippen LogP contribution is -2.11. The average molecular weight is 121 g/mol. The number of halogens is 3. The van der Waals surface area contributed by atoms with Crippen LogP contribution in [0.15, 0.2) is 0 Å². The fraction of sp³-hybridized carbons (Fsp3) is 0.500. The Morgan fingerprint density at radius 3 is 2.00 bits per heavy atom. The maximum Gasteiger partial charge on any atom is 0.489 e. The van der Waals surface area contributed by atoms with Crippen LogP contribution in [0, 0.1) is 11.8 Å². The van der Waals surface area contributed by atoms with E-state index in [-0.39, 0.29) is 0 Å². The van der Waals surface area contributed by atoms with E-state index in [0.717, 1.165) is 0 Å². The molecule has 0 fully saturated rings. The van der Waals surface area contributed by atoms with Crippen molar-refractivity contribution >= 4 is 6.98 Å². The van der Waals surface area contributed by atoms with Gasteiger partial charge in [-0.3, -0.25) is 0 Å². The molecule has 0 unspecified atom stereocenters. The molecule has 8 heavy (non-hydrogen) atoms. The van der Waals surface area contributed by atoms with Crippen LogP contribution in [0.25, 0.3) is 0 Å². The molecule has 0 atom stereocenters. The van der Waals surface area contributed by atoms with E-state index in [2.05, 4.69) is 5.92 Å². The maximum atomic E-state index is 11.2. The van der Waals surface area contributed by atoms with E-state index in [1.165, 1.54) is 6.92 Å². The third kappa shape index (κ3) is 5.41. The summed E-state index contributed by atoms with van der Waals surface area (Å²) in [5.74, 6) is 4.11. The zero-order chi connectivity index (χ0) is 6.62. The highest BCUT2D eigenvalue weighted by molar-refractivity contribution is 6.59. The van der Waals surface area contributed by atoms with Crippen LogP contribution in [-0.2, 0) is 0 Å². The van der Waals surface area contributed by atoms with E-state index in [1.54, 1.807) is 0 Å². The van der Waals surface area contributed by atoms with Crippen molar-refractivity contribution in [3.8, 4) is 11.8 Å². The van der Waals surface area contributed by atoms with E-state index >= 15 is 0 Å². The van der Waals surface area contributed by atoms with E-state index in [0.29, 0.717) is 0 Å². The standard InChI is InChI=1S/C4H5BF3/c1-2-3-4-5(6,7)8/h4H2,1H3/q-1. The second-order valence-electron chi connectivity index (χ2n) is 1.34. The van der Waals surface area contributed by atoms with Crippen molar-refractivity contribution in [3.05, 3.63) is 0 Å². The first-order chi connectivity index (χ1) is 3.56. The van der Waals surface area contributed by atoms with Crippen molar-refractivity contribution in [2.75, 3.05) is 0 Å². The normalized spacial score (nSPS) is 10.0. The van der Waals surface area contributed by atoms with Gasteiger partial charge in [-0.1, -0.05) is 0 Å². The third-order valence-corrected chi connectivity index (χ3v) is 0.510. The van der Waals surface area contributed by atoms with Crippen molar-refractivity contribution in [2.24, 2.45) is 0 Å². The molecule has 4 heteroatoms. The minimum Gasteiger partial charge on any atom is -0.448 e. The Balaban J connectivity index is 3.50. The summed E-state index contributed by atoms with van der Waals surface area (Å²) in [7, 11) is 0. The minimum atomic E-state index is -4.68. The SMILES string of the molecule is CC#CC[B-](F)(F)F. The van der Waals surface area contributed by atoms with E-state index < -0.39 is 13.3 Å². The Bertz CT molecular complexity index is 115. The summed E-state index contributed by atoms with van der Waals surface area (Å²) in [5.41, 5.74) is 0. The Morgan fingerprint density at radius 2 is 1.88 bits per heavy atom. The molecule has 0 radical (unpaired) electrons. The van der Waals surface area contributed by atoms with Crippen LogP contribution in [0.5, 0.6) is 0 Å². The van der Waals surface area contributed by atoms with Crippen LogP contribution in [0.1, 0.15) is 6.92 Å². The van der Waals surface area contributed by atoms with Gasteiger partial charge in [-0.05, 0) is 13.2 Å². The van der Waals surface area contributed by atoms with Gasteiger partial charge in [-0.25, -0.2) is 0 Å². The van der Waals surface area contributed by atoms with Crippen molar-refractivity contribution in [1.82, 2.24) is 0 Å². The molecule has 0 aliphatic rings. The van der Waals surface area contributed by atoms with Crippen LogP contribution < -0.4 is 0 Å². The summed E-state index contributed by atoms with van der Waals surface area (Å²) in [5, 5.41) is 0. The van der Waals surface area contributed by atoms with Gasteiger partial charge in [0.05, 0.1) is 0 Å². The Morgan fingerprint density at radius 1 is 1.38 bits per heavy atom. The minimum absolute atomic E-state index is 0.934. The molecule has 0 nitrogen and oxygen atoms in total. The number of hydrogen-bond donors (Lipinski definition) is 0. The second-order valence-corrected chi connectivity index (χ2v) is 1.34. The second kappa shape index (κ2) is 2.66. The van der Waals surface area contributed by atoms with E-state index in [1.807, 2.05) is 5.92 Å². The fourth-order valence-electron chi connectivity index (χ4n) is 0.218. The molecule has 0 heterocycles. The molecule has 46 valence electrons. The molecule has 0 N–H and O–H groups in total. The summed E-state index contributed by atoms with van der Waals surface area (Å²) in [6.07, 6.45) is -0.934. The molecule has 0 aromatic heterocycles. The van der Waals surface area contributed by atoms with E-state index in [4.69, 9.17) is 0 Å². The highest BCUT2D eigenvalue weighted by Crippen LogP contribution is 2.12. The van der Waals surface area contributed by atoms with Gasteiger partial charge >= 0.3 is 6.98 Å². The molecular formula is C4H5BF3-. The molecule has 0 amide bonds. The quantitative estimate of drug-likeness (QED) is 0.366. The first kappa shape index (κ1) is 7.41. The highest BCUT2D eigenvalue weighted by Gasteiger charge is 2.20. The third-order valence-electron chi connectivity index (χ3n) is 0.510. The van der Waals surface area contributed by atoms with Gasteiger partial charge in [0.2, 0.25) is 0 Å². The lowest BCUT2D eigenvalue weighted by Gasteiger charge is -2.06. The Labute approximate surface area is 46.1 Å². The molecule has 0 spiro atoms. The largest absolute Gasteiger partial charge is 0.489 e. The lowest BCUT2D eigenvalue weighted by atomic mass is 9.87. The Kier molecular flexibility index (Phi) is 2.46. The van der Waals surface area contributed by atoms with Crippen LogP contribution in [0.4, 0.5) is 12.9 Å². The van der Waals surface area contributed by atoms with Gasteiger partial charge in [-0.15, -0.1) is 11.8 Å². The Hall–Kier alpha value is -0.585. The molecular weight excluding hydrogens is 116 g/mol. The van der Waals surface area contributed by atoms with Gasteiger partial charge in [0.25, 0.3) is 0 Å². The summed E-state index contributed by atoms with van der Waals surface area (Å²) in [6, 6.07) is 0. The van der Waals surface area contributed by atoms with Gasteiger partial charge in [0, 0.05) is 0 Å². The highest BCUT2D eigenvalue weighted by atomic mass is 19.4. The van der Waals surface area contributed by atoms with Gasteiger partial charge < -0.3 is 12.9 Å². The first-order valence-electron chi connectivity index (χ1n) is 2.17. The van der Waals surface area contributed by atoms with Crippen LogP contribution in [-0.4, -0.2) is 6.98 Å². The molecule has 0 saturated heterocycles. The summed E-state index contributed by atoms with van der Waals surface area (Å²) in [6.45, 7) is -3.28. The molecule has 0 saturated carbocycles. The zero-order valence-corrected chi connectivity index (χ0v) is 4.42. The van der Waals surface area contributed by atoms with Gasteiger partial charge in [0.15, 0.2) is 0 Å². The molecule has 0 rings (SSSR count). The summed E-state index contributed by atoms with van der Waals surface area (Å²) >= 11 is 0. The number of hydrogen-bond acceptors (Lipinski definition) is 0. The molecule has 0 aromatic rings. The van der Waals surface area contributed by atoms with Gasteiger partial charge in [0.1, 0.15) is 0 Å². The molecule has 0 aliphatic heterocycles. The number of rotatable bonds is 1. The molecule has 0 aromatic carbocycles. The topological polar surface area (TPSA) is 0 Å². The molecule has 0 aliphatic carbocycles. The summed E-state index contributed by atoms with van der Waals surface area (Å²) in [4.78, 5) is 0. The monoisotopic (exact) mass is 121 g/mol. The van der Waals surface area contributed by atoms with Crippen molar-refractivity contribution in [3.63, 3.8) is 0 Å². The van der Waals surface area contributed by atoms with Crippen molar-refractivity contribution in [1.29, 1.82) is 0 Å². The molecule has 0 bridgehead atoms. The zero-order valence-electron chi connectivity index (χ0n) is 4.42. The predicted octanol–water partition coefficient (Wildman–Crippen LogP) is 1.86. The summed E-state index contributed by atoms with van der Waals surface area (Å²) < 4.78 is 33.6. The maximum absolute atomic E-state index is 11.2. The average Bonchev–Trinajstić information content (AvgIpc) is 1.59. The van der Waals surface area contributed by atoms with E-state index in [9.17, 15) is 12.9 Å². The lowest BCUT2D eigenvalue weighted by molar-refractivity contribution is 0.479. The predicted molar refractivity (Wildman–Crippen MR) is 27.3 cm³/mol. The van der Waals surface area contributed by atoms with Crippen molar-refractivity contribution < 1.29 is 12.9 Å². The first-order valence-corrected chi connectivity index (χ1v) is 2.17. The fourth-order valence-corrected chi connectivity index (χ4v) is 0.218. The van der Waals surface area contributed by atoms with Crippen LogP contribution >= 0.6 is 0 Å².